The van der Waals surface area contributed by atoms with Crippen molar-refractivity contribution >= 4 is 55.9 Å². The summed E-state index contributed by atoms with van der Waals surface area (Å²) in [4.78, 5) is 17.0. The Balaban J connectivity index is 1.85. The molecule has 3 rings (SSSR count). The number of thiazole rings is 1. The molecule has 0 unspecified atom stereocenters. The van der Waals surface area contributed by atoms with Crippen LogP contribution in [0.15, 0.2) is 45.3 Å². The number of halogens is 1. The molecule has 0 aliphatic carbocycles. The van der Waals surface area contributed by atoms with Gasteiger partial charge in [0, 0.05) is 29.4 Å². The summed E-state index contributed by atoms with van der Waals surface area (Å²) >= 11 is 9.09. The quantitative estimate of drug-likeness (QED) is 0.554. The number of carbonyl (C=O) groups excluding carboxylic acids is 1. The van der Waals surface area contributed by atoms with Crippen LogP contribution in [0.1, 0.15) is 24.3 Å². The van der Waals surface area contributed by atoms with Gasteiger partial charge in [0.1, 0.15) is 10.7 Å². The number of amides is 1. The topological polar surface area (TPSA) is 79.4 Å². The Morgan fingerprint density at radius 2 is 1.96 bits per heavy atom. The summed E-state index contributed by atoms with van der Waals surface area (Å²) in [6.45, 7) is 4.25. The van der Waals surface area contributed by atoms with Gasteiger partial charge in [0.05, 0.1) is 15.6 Å². The van der Waals surface area contributed by atoms with Crippen LogP contribution in [0.5, 0.6) is 0 Å². The molecule has 0 fully saturated rings. The van der Waals surface area contributed by atoms with Gasteiger partial charge >= 0.3 is 0 Å². The largest absolute Gasteiger partial charge is 0.319 e. The fraction of sp³-hybridized carbons (Fsp3) is 0.222. The predicted molar refractivity (Wildman–Crippen MR) is 115 cm³/mol. The summed E-state index contributed by atoms with van der Waals surface area (Å²) in [5.41, 5.74) is 1.43. The van der Waals surface area contributed by atoms with Gasteiger partial charge in [0.25, 0.3) is 5.91 Å². The third-order valence-electron chi connectivity index (χ3n) is 4.03. The third-order valence-corrected chi connectivity index (χ3v) is 7.98. The van der Waals surface area contributed by atoms with Crippen molar-refractivity contribution in [3.05, 3.63) is 51.1 Å². The average molecular weight is 456 g/mol. The van der Waals surface area contributed by atoms with Crippen LogP contribution < -0.4 is 5.32 Å². The van der Waals surface area contributed by atoms with Gasteiger partial charge in [0.15, 0.2) is 0 Å². The molecule has 2 aromatic heterocycles. The zero-order valence-corrected chi connectivity index (χ0v) is 18.4. The van der Waals surface area contributed by atoms with Gasteiger partial charge in [-0.1, -0.05) is 25.4 Å². The van der Waals surface area contributed by atoms with Gasteiger partial charge in [-0.25, -0.2) is 13.4 Å². The van der Waals surface area contributed by atoms with E-state index < -0.39 is 15.9 Å². The lowest BCUT2D eigenvalue weighted by Crippen LogP contribution is -2.30. The van der Waals surface area contributed by atoms with Gasteiger partial charge < -0.3 is 5.32 Å². The number of hydrogen-bond acceptors (Lipinski definition) is 6. The Hall–Kier alpha value is -1.78. The van der Waals surface area contributed by atoms with E-state index in [1.165, 1.54) is 33.8 Å². The number of aromatic nitrogens is 1. The van der Waals surface area contributed by atoms with Gasteiger partial charge in [0.2, 0.25) is 10.0 Å². The number of hydrogen-bond donors (Lipinski definition) is 1. The molecule has 0 aliphatic rings. The summed E-state index contributed by atoms with van der Waals surface area (Å²) in [7, 11) is -3.66. The molecule has 1 aromatic carbocycles. The Morgan fingerprint density at radius 1 is 1.21 bits per heavy atom. The highest BCUT2D eigenvalue weighted by molar-refractivity contribution is 7.89. The Labute approximate surface area is 176 Å². The minimum atomic E-state index is -3.66. The molecule has 3 aromatic rings. The first-order valence-corrected chi connectivity index (χ1v) is 12.1. The number of thiophene rings is 1. The van der Waals surface area contributed by atoms with E-state index in [1.807, 2.05) is 16.8 Å². The molecular formula is C18H18ClN3O3S3. The van der Waals surface area contributed by atoms with E-state index in [0.717, 1.165) is 10.6 Å². The molecule has 0 bridgehead atoms. The molecule has 0 radical (unpaired) electrons. The van der Waals surface area contributed by atoms with Crippen LogP contribution in [0, 0.1) is 0 Å². The third kappa shape index (κ3) is 4.28. The first-order valence-electron chi connectivity index (χ1n) is 8.46. The summed E-state index contributed by atoms with van der Waals surface area (Å²) in [5, 5.41) is 9.22. The number of anilines is 1. The Kier molecular flexibility index (Phi) is 6.51. The van der Waals surface area contributed by atoms with Gasteiger partial charge in [-0.05, 0) is 29.6 Å². The second-order valence-electron chi connectivity index (χ2n) is 5.74. The summed E-state index contributed by atoms with van der Waals surface area (Å²) in [6, 6.07) is 6.21. The van der Waals surface area contributed by atoms with Crippen molar-refractivity contribution < 1.29 is 13.2 Å². The van der Waals surface area contributed by atoms with Crippen LogP contribution >= 0.6 is 34.3 Å². The van der Waals surface area contributed by atoms with Crippen molar-refractivity contribution in [3.8, 4) is 10.6 Å². The highest BCUT2D eigenvalue weighted by Crippen LogP contribution is 2.29. The molecule has 28 heavy (non-hydrogen) atoms. The molecule has 0 saturated carbocycles. The maximum Gasteiger partial charge on any atom is 0.275 e. The SMILES string of the molecule is CCN(CC)S(=O)(=O)c1ccc(Cl)c(NC(=O)c2csc(-c3ccsc3)n2)c1. The minimum Gasteiger partial charge on any atom is -0.319 e. The number of rotatable bonds is 7. The average Bonchev–Trinajstić information content (AvgIpc) is 3.35. The molecular weight excluding hydrogens is 438 g/mol. The van der Waals surface area contributed by atoms with Gasteiger partial charge in [-0.2, -0.15) is 15.6 Å². The minimum absolute atomic E-state index is 0.0770. The van der Waals surface area contributed by atoms with E-state index in [-0.39, 0.29) is 21.3 Å². The molecule has 0 spiro atoms. The van der Waals surface area contributed by atoms with Crippen molar-refractivity contribution in [1.29, 1.82) is 0 Å². The molecule has 6 nitrogen and oxygen atoms in total. The van der Waals surface area contributed by atoms with Gasteiger partial charge in [-0.3, -0.25) is 4.79 Å². The first kappa shape index (κ1) is 20.9. The van der Waals surface area contributed by atoms with E-state index in [9.17, 15) is 13.2 Å². The summed E-state index contributed by atoms with van der Waals surface area (Å²) in [5.74, 6) is -0.447. The number of carbonyl (C=O) groups is 1. The van der Waals surface area contributed by atoms with E-state index in [2.05, 4.69) is 10.3 Å². The maximum absolute atomic E-state index is 12.7. The highest BCUT2D eigenvalue weighted by Gasteiger charge is 2.23. The number of nitrogens with one attached hydrogen (secondary N) is 1. The van der Waals surface area contributed by atoms with Crippen molar-refractivity contribution in [2.45, 2.75) is 18.7 Å². The van der Waals surface area contributed by atoms with Crippen molar-refractivity contribution in [1.82, 2.24) is 9.29 Å². The maximum atomic E-state index is 12.7. The summed E-state index contributed by atoms with van der Waals surface area (Å²) in [6.07, 6.45) is 0. The van der Waals surface area contributed by atoms with Crippen molar-refractivity contribution in [3.63, 3.8) is 0 Å². The molecule has 0 aliphatic heterocycles. The zero-order valence-electron chi connectivity index (χ0n) is 15.2. The van der Waals surface area contributed by atoms with Crippen LogP contribution in [0.2, 0.25) is 5.02 Å². The van der Waals surface area contributed by atoms with E-state index in [4.69, 9.17) is 11.6 Å². The van der Waals surface area contributed by atoms with E-state index in [0.29, 0.717) is 13.1 Å². The monoisotopic (exact) mass is 455 g/mol. The van der Waals surface area contributed by atoms with Crippen molar-refractivity contribution in [2.24, 2.45) is 0 Å². The standard InChI is InChI=1S/C18H18ClN3O3S3/c1-3-22(4-2)28(24,25)13-5-6-14(19)15(9-13)20-17(23)16-11-27-18(21-16)12-7-8-26-10-12/h5-11H,3-4H2,1-2H3,(H,20,23). The molecule has 148 valence electrons. The lowest BCUT2D eigenvalue weighted by Gasteiger charge is -2.19. The lowest BCUT2D eigenvalue weighted by atomic mass is 10.3. The zero-order chi connectivity index (χ0) is 20.3. The van der Waals surface area contributed by atoms with E-state index >= 15 is 0 Å². The number of nitrogens with zero attached hydrogens (tertiary/aromatic N) is 2. The van der Waals surface area contributed by atoms with Crippen LogP contribution in [0.25, 0.3) is 10.6 Å². The van der Waals surface area contributed by atoms with Crippen LogP contribution in [-0.4, -0.2) is 36.7 Å². The fourth-order valence-electron chi connectivity index (χ4n) is 2.56. The predicted octanol–water partition coefficient (Wildman–Crippen LogP) is 4.81. The highest BCUT2D eigenvalue weighted by atomic mass is 35.5. The molecule has 10 heteroatoms. The van der Waals surface area contributed by atoms with Crippen LogP contribution in [-0.2, 0) is 10.0 Å². The normalized spacial score (nSPS) is 11.7. The molecule has 0 saturated heterocycles. The van der Waals surface area contributed by atoms with Crippen molar-refractivity contribution in [2.75, 3.05) is 18.4 Å². The first-order chi connectivity index (χ1) is 13.4. The second-order valence-corrected chi connectivity index (χ2v) is 9.72. The smallest absolute Gasteiger partial charge is 0.275 e. The Morgan fingerprint density at radius 3 is 2.61 bits per heavy atom. The lowest BCUT2D eigenvalue weighted by molar-refractivity contribution is 0.102. The molecule has 2 heterocycles. The number of benzene rings is 1. The second kappa shape index (κ2) is 8.71. The molecule has 1 amide bonds. The molecule has 0 atom stereocenters. The van der Waals surface area contributed by atoms with Crippen LogP contribution in [0.4, 0.5) is 5.69 Å². The van der Waals surface area contributed by atoms with Gasteiger partial charge in [-0.15, -0.1) is 11.3 Å². The number of sulfonamides is 1. The van der Waals surface area contributed by atoms with E-state index in [1.54, 1.807) is 30.6 Å². The summed E-state index contributed by atoms with van der Waals surface area (Å²) < 4.78 is 26.8. The fourth-order valence-corrected chi connectivity index (χ4v) is 5.72. The Bertz CT molecular complexity index is 1070. The molecule has 1 N–H and O–H groups in total. The van der Waals surface area contributed by atoms with Crippen LogP contribution in [0.3, 0.4) is 0 Å².